The molecular weight excluding hydrogens is 448 g/mol. The van der Waals surface area contributed by atoms with Crippen molar-refractivity contribution in [2.75, 3.05) is 17.9 Å². The molecule has 11 nitrogen and oxygen atoms in total. The van der Waals surface area contributed by atoms with Gasteiger partial charge in [0.05, 0.1) is 17.9 Å². The molecule has 31 heavy (non-hydrogen) atoms. The van der Waals surface area contributed by atoms with Gasteiger partial charge < -0.3 is 26.6 Å². The number of rotatable bonds is 9. The van der Waals surface area contributed by atoms with E-state index in [9.17, 15) is 18.0 Å². The van der Waals surface area contributed by atoms with Gasteiger partial charge in [-0.25, -0.2) is 8.42 Å². The second kappa shape index (κ2) is 10.2. The fraction of sp³-hybridized carbons (Fsp3) is 0.278. The number of carbonyl (C=O) groups excluding carboxylic acids is 1. The van der Waals surface area contributed by atoms with E-state index < -0.39 is 21.5 Å². The van der Waals surface area contributed by atoms with Crippen molar-refractivity contribution in [2.45, 2.75) is 25.2 Å². The summed E-state index contributed by atoms with van der Waals surface area (Å²) in [4.78, 5) is 31.9. The van der Waals surface area contributed by atoms with Crippen molar-refractivity contribution in [3.63, 3.8) is 0 Å². The number of hydrogen-bond acceptors (Lipinski definition) is 6. The van der Waals surface area contributed by atoms with Gasteiger partial charge in [-0.3, -0.25) is 14.3 Å². The van der Waals surface area contributed by atoms with Gasteiger partial charge in [-0.15, -0.1) is 0 Å². The molecule has 13 heteroatoms. The third kappa shape index (κ3) is 6.62. The fourth-order valence-electron chi connectivity index (χ4n) is 2.67. The monoisotopic (exact) mass is 470 g/mol. The summed E-state index contributed by atoms with van der Waals surface area (Å²) in [5.41, 5.74) is 10.3. The Morgan fingerprint density at radius 2 is 2.00 bits per heavy atom. The van der Waals surface area contributed by atoms with Crippen molar-refractivity contribution in [3.05, 3.63) is 56.5 Å². The topological polar surface area (TPSA) is 182 Å². The molecule has 0 aliphatic rings. The molecule has 0 unspecified atom stereocenters. The Kier molecular flexibility index (Phi) is 7.89. The molecule has 1 aromatic heterocycles. The van der Waals surface area contributed by atoms with Crippen molar-refractivity contribution in [3.8, 4) is 0 Å². The Hall–Kier alpha value is -3.25. The van der Waals surface area contributed by atoms with Crippen LogP contribution in [0.25, 0.3) is 0 Å². The van der Waals surface area contributed by atoms with Gasteiger partial charge in [0.25, 0.3) is 15.6 Å². The average Bonchev–Trinajstić information content (AvgIpc) is 2.66. The van der Waals surface area contributed by atoms with Gasteiger partial charge in [0.1, 0.15) is 12.3 Å². The summed E-state index contributed by atoms with van der Waals surface area (Å²) >= 11 is 6.02. The Bertz CT molecular complexity index is 1160. The van der Waals surface area contributed by atoms with Gasteiger partial charge in [-0.2, -0.15) is 0 Å². The predicted molar refractivity (Wildman–Crippen MR) is 117 cm³/mol. The summed E-state index contributed by atoms with van der Waals surface area (Å²) in [6.07, 6.45) is -0.251. The Labute approximate surface area is 183 Å². The van der Waals surface area contributed by atoms with E-state index in [1.165, 1.54) is 18.2 Å². The molecule has 7 N–H and O–H groups in total. The number of nitrogens with zero attached hydrogens (tertiary/aromatic N) is 1. The van der Waals surface area contributed by atoms with Crippen LogP contribution in [-0.2, 0) is 26.1 Å². The molecule has 1 aromatic carbocycles. The Balaban J connectivity index is 2.23. The number of oxime groups is 1. The number of carbonyl (C=O) groups is 1. The lowest BCUT2D eigenvalue weighted by Gasteiger charge is -2.14. The number of halogens is 1. The lowest BCUT2D eigenvalue weighted by atomic mass is 10.1. The lowest BCUT2D eigenvalue weighted by Crippen LogP contribution is -2.30. The summed E-state index contributed by atoms with van der Waals surface area (Å²) in [6.45, 7) is 3.28. The quantitative estimate of drug-likeness (QED) is 0.151. The number of benzene rings is 1. The van der Waals surface area contributed by atoms with Gasteiger partial charge in [-0.1, -0.05) is 17.7 Å². The summed E-state index contributed by atoms with van der Waals surface area (Å²) in [5.74, 6) is -0.713. The van der Waals surface area contributed by atoms with Gasteiger partial charge >= 0.3 is 0 Å². The number of H-pyrrole nitrogens is 1. The number of hydrogen-bond donors (Lipinski definition) is 5. The molecular formula is C18H23ClN6O5S. The van der Waals surface area contributed by atoms with Crippen LogP contribution in [0.1, 0.15) is 16.8 Å². The number of aromatic amines is 1. The van der Waals surface area contributed by atoms with E-state index in [-0.39, 0.29) is 46.7 Å². The molecule has 0 aliphatic heterocycles. The summed E-state index contributed by atoms with van der Waals surface area (Å²) < 4.78 is 28.0. The van der Waals surface area contributed by atoms with E-state index in [0.717, 1.165) is 0 Å². The molecule has 2 aromatic rings. The number of sulfonamides is 1. The molecule has 2 rings (SSSR count). The number of nitrogens with two attached hydrogens (primary N) is 2. The first kappa shape index (κ1) is 24.0. The largest absolute Gasteiger partial charge is 0.391 e. The molecule has 0 fully saturated rings. The van der Waals surface area contributed by atoms with Gasteiger partial charge in [0.15, 0.2) is 0 Å². The first-order valence-electron chi connectivity index (χ1n) is 8.99. The third-order valence-electron chi connectivity index (χ3n) is 4.03. The zero-order valence-corrected chi connectivity index (χ0v) is 18.4. The van der Waals surface area contributed by atoms with Crippen LogP contribution in [0.15, 0.2) is 39.1 Å². The number of guanidine groups is 1. The summed E-state index contributed by atoms with van der Waals surface area (Å²) in [7, 11) is -4.14. The maximum Gasteiger partial charge on any atom is 0.272 e. The SMILES string of the molecule is Cc1cc(CC(=O)NCCON=C(N)N)c(NS(=O)(=O)c2cccc(Cl)c2C)c(=O)[nH]1. The molecule has 0 saturated carbocycles. The fourth-order valence-corrected chi connectivity index (χ4v) is 4.27. The van der Waals surface area contributed by atoms with Crippen molar-refractivity contribution >= 4 is 39.2 Å². The molecule has 0 radical (unpaired) electrons. The highest BCUT2D eigenvalue weighted by Crippen LogP contribution is 2.25. The van der Waals surface area contributed by atoms with E-state index in [4.69, 9.17) is 27.9 Å². The van der Waals surface area contributed by atoms with Crippen molar-refractivity contribution in [2.24, 2.45) is 16.6 Å². The maximum atomic E-state index is 12.9. The Morgan fingerprint density at radius 3 is 2.68 bits per heavy atom. The van der Waals surface area contributed by atoms with Crippen LogP contribution in [-0.4, -0.2) is 38.4 Å². The standard InChI is InChI=1S/C18H23ClN6O5S/c1-10-8-12(9-15(26)22-6-7-30-24-18(20)21)16(17(27)23-10)25-31(28,29)14-5-3-4-13(19)11(14)2/h3-5,8,25H,6-7,9H2,1-2H3,(H,22,26)(H,23,27)(H4,20,21,24). The smallest absolute Gasteiger partial charge is 0.272 e. The van der Waals surface area contributed by atoms with Crippen LogP contribution in [0.4, 0.5) is 5.69 Å². The second-order valence-electron chi connectivity index (χ2n) is 6.53. The van der Waals surface area contributed by atoms with E-state index in [1.807, 2.05) is 0 Å². The van der Waals surface area contributed by atoms with Crippen LogP contribution >= 0.6 is 11.6 Å². The number of aryl methyl sites for hydroxylation is 1. The van der Waals surface area contributed by atoms with Crippen molar-refractivity contribution in [1.29, 1.82) is 0 Å². The third-order valence-corrected chi connectivity index (χ3v) is 5.93. The first-order chi connectivity index (χ1) is 14.5. The first-order valence-corrected chi connectivity index (χ1v) is 10.9. The normalized spacial score (nSPS) is 10.9. The molecule has 0 spiro atoms. The maximum absolute atomic E-state index is 12.9. The van der Waals surface area contributed by atoms with Crippen LogP contribution in [0.3, 0.4) is 0 Å². The van der Waals surface area contributed by atoms with Crippen LogP contribution in [0, 0.1) is 13.8 Å². The van der Waals surface area contributed by atoms with E-state index in [2.05, 4.69) is 20.2 Å². The van der Waals surface area contributed by atoms with Gasteiger partial charge in [-0.05, 0) is 48.3 Å². The number of pyridine rings is 1. The number of amides is 1. The molecule has 0 atom stereocenters. The zero-order valence-electron chi connectivity index (χ0n) is 16.9. The number of anilines is 1. The molecule has 1 heterocycles. The summed E-state index contributed by atoms with van der Waals surface area (Å²) in [6, 6.07) is 5.93. The van der Waals surface area contributed by atoms with E-state index >= 15 is 0 Å². The van der Waals surface area contributed by atoms with Crippen LogP contribution in [0.2, 0.25) is 5.02 Å². The minimum absolute atomic E-state index is 0.0194. The number of aromatic nitrogens is 1. The molecule has 168 valence electrons. The molecule has 1 amide bonds. The van der Waals surface area contributed by atoms with Crippen LogP contribution < -0.4 is 27.1 Å². The van der Waals surface area contributed by atoms with Crippen molar-refractivity contribution in [1.82, 2.24) is 10.3 Å². The minimum atomic E-state index is -4.14. The molecule has 0 saturated heterocycles. The predicted octanol–water partition coefficient (Wildman–Crippen LogP) is 0.310. The van der Waals surface area contributed by atoms with E-state index in [1.54, 1.807) is 19.9 Å². The lowest BCUT2D eigenvalue weighted by molar-refractivity contribution is -0.120. The highest BCUT2D eigenvalue weighted by atomic mass is 35.5. The average molecular weight is 471 g/mol. The number of nitrogens with one attached hydrogen (secondary N) is 3. The molecule has 0 bridgehead atoms. The van der Waals surface area contributed by atoms with Gasteiger partial charge in [0, 0.05) is 10.7 Å². The Morgan fingerprint density at radius 1 is 1.29 bits per heavy atom. The van der Waals surface area contributed by atoms with Crippen molar-refractivity contribution < 1.29 is 18.0 Å². The summed E-state index contributed by atoms with van der Waals surface area (Å²) in [5, 5.41) is 6.14. The van der Waals surface area contributed by atoms with E-state index in [0.29, 0.717) is 11.3 Å². The highest BCUT2D eigenvalue weighted by molar-refractivity contribution is 7.92. The van der Waals surface area contributed by atoms with Crippen LogP contribution in [0.5, 0.6) is 0 Å². The highest BCUT2D eigenvalue weighted by Gasteiger charge is 2.22. The van der Waals surface area contributed by atoms with Gasteiger partial charge in [0.2, 0.25) is 11.9 Å². The zero-order chi connectivity index (χ0) is 23.2. The second-order valence-corrected chi connectivity index (χ2v) is 8.58. The minimum Gasteiger partial charge on any atom is -0.391 e. The molecule has 0 aliphatic carbocycles.